The van der Waals surface area contributed by atoms with Crippen LogP contribution in [0.4, 0.5) is 0 Å². The summed E-state index contributed by atoms with van der Waals surface area (Å²) in [5.74, 6) is 2.51. The number of nitrogens with one attached hydrogen (secondary N) is 2. The summed E-state index contributed by atoms with van der Waals surface area (Å²) in [6, 6.07) is 0.189. The van der Waals surface area contributed by atoms with Gasteiger partial charge in [-0.2, -0.15) is 5.10 Å². The minimum absolute atomic E-state index is 0.189. The van der Waals surface area contributed by atoms with Gasteiger partial charge < -0.3 is 10.1 Å². The molecule has 2 fully saturated rings. The summed E-state index contributed by atoms with van der Waals surface area (Å²) in [5, 5.41) is 10.8. The van der Waals surface area contributed by atoms with Gasteiger partial charge in [-0.1, -0.05) is 19.3 Å². The Bertz CT molecular complexity index is 321. The zero-order chi connectivity index (χ0) is 11.5. The Hall–Kier alpha value is -0.940. The maximum atomic E-state index is 5.44. The van der Waals surface area contributed by atoms with Gasteiger partial charge in [0.25, 0.3) is 0 Å². The highest BCUT2D eigenvalue weighted by molar-refractivity contribution is 5.03. The number of hydrogen-bond acceptors (Lipinski definition) is 4. The molecule has 0 aromatic carbocycles. The lowest BCUT2D eigenvalue weighted by Gasteiger charge is -2.21. The Morgan fingerprint density at radius 2 is 2.06 bits per heavy atom. The molecule has 2 heterocycles. The van der Waals surface area contributed by atoms with Crippen molar-refractivity contribution in [1.82, 2.24) is 20.5 Å². The lowest BCUT2D eigenvalue weighted by Crippen LogP contribution is -2.35. The van der Waals surface area contributed by atoms with Crippen LogP contribution in [0.15, 0.2) is 0 Å². The van der Waals surface area contributed by atoms with Crippen LogP contribution in [0.5, 0.6) is 0 Å². The maximum Gasteiger partial charge on any atom is 0.153 e. The molecule has 5 heteroatoms. The Labute approximate surface area is 101 Å². The van der Waals surface area contributed by atoms with Crippen LogP contribution in [-0.4, -0.2) is 34.9 Å². The molecular formula is C12H20N4O. The molecule has 0 bridgehead atoms. The van der Waals surface area contributed by atoms with Crippen LogP contribution >= 0.6 is 0 Å². The first kappa shape index (κ1) is 11.2. The van der Waals surface area contributed by atoms with Crippen molar-refractivity contribution in [2.45, 2.75) is 44.1 Å². The fraction of sp³-hybridized carbons (Fsp3) is 0.833. The first-order valence-corrected chi connectivity index (χ1v) is 6.67. The van der Waals surface area contributed by atoms with Crippen molar-refractivity contribution in [3.05, 3.63) is 11.6 Å². The number of H-pyrrole nitrogens is 1. The van der Waals surface area contributed by atoms with Crippen molar-refractivity contribution in [1.29, 1.82) is 0 Å². The van der Waals surface area contributed by atoms with Crippen LogP contribution in [-0.2, 0) is 4.74 Å². The minimum Gasteiger partial charge on any atom is -0.378 e. The lowest BCUT2D eigenvalue weighted by molar-refractivity contribution is 0.0743. The number of nitrogens with zero attached hydrogens (tertiary/aromatic N) is 2. The van der Waals surface area contributed by atoms with Gasteiger partial charge in [0, 0.05) is 12.5 Å². The third-order valence-electron chi connectivity index (χ3n) is 3.74. The average Bonchev–Trinajstić information content (AvgIpc) is 2.90. The SMILES string of the molecule is C1CCC(c2n[nH]c(C3COCCN3)n2)CC1. The average molecular weight is 236 g/mol. The first-order valence-electron chi connectivity index (χ1n) is 6.67. The highest BCUT2D eigenvalue weighted by Gasteiger charge is 2.23. The van der Waals surface area contributed by atoms with E-state index < -0.39 is 0 Å². The Morgan fingerprint density at radius 1 is 1.18 bits per heavy atom. The monoisotopic (exact) mass is 236 g/mol. The van der Waals surface area contributed by atoms with Gasteiger partial charge in [-0.25, -0.2) is 4.98 Å². The number of aromatic nitrogens is 3. The molecule has 1 atom stereocenters. The summed E-state index contributed by atoms with van der Waals surface area (Å²) in [7, 11) is 0. The van der Waals surface area contributed by atoms with Gasteiger partial charge in [-0.05, 0) is 12.8 Å². The molecule has 0 radical (unpaired) electrons. The van der Waals surface area contributed by atoms with E-state index >= 15 is 0 Å². The molecule has 17 heavy (non-hydrogen) atoms. The smallest absolute Gasteiger partial charge is 0.153 e. The van der Waals surface area contributed by atoms with E-state index in [1.807, 2.05) is 0 Å². The summed E-state index contributed by atoms with van der Waals surface area (Å²) in [4.78, 5) is 4.65. The number of morpholine rings is 1. The predicted octanol–water partition coefficient (Wildman–Crippen LogP) is 1.51. The van der Waals surface area contributed by atoms with Gasteiger partial charge in [-0.3, -0.25) is 5.10 Å². The standard InChI is InChI=1S/C12H20N4O/c1-2-4-9(5-3-1)11-14-12(16-15-11)10-8-17-7-6-13-10/h9-10,13H,1-8H2,(H,14,15,16). The Morgan fingerprint density at radius 3 is 2.82 bits per heavy atom. The second-order valence-electron chi connectivity index (χ2n) is 5.00. The highest BCUT2D eigenvalue weighted by atomic mass is 16.5. The van der Waals surface area contributed by atoms with E-state index in [1.54, 1.807) is 0 Å². The highest BCUT2D eigenvalue weighted by Crippen LogP contribution is 2.30. The molecule has 1 aliphatic carbocycles. The summed E-state index contributed by atoms with van der Waals surface area (Å²) in [6.45, 7) is 2.38. The van der Waals surface area contributed by atoms with Gasteiger partial charge in [0.1, 0.15) is 5.82 Å². The van der Waals surface area contributed by atoms with Crippen molar-refractivity contribution in [3.8, 4) is 0 Å². The normalized spacial score (nSPS) is 27.2. The molecule has 0 spiro atoms. The molecule has 2 N–H and O–H groups in total. The van der Waals surface area contributed by atoms with E-state index in [0.29, 0.717) is 12.5 Å². The number of hydrogen-bond donors (Lipinski definition) is 2. The molecule has 1 aliphatic heterocycles. The molecule has 2 aliphatic rings. The number of aromatic amines is 1. The molecule has 94 valence electrons. The second-order valence-corrected chi connectivity index (χ2v) is 5.00. The Kier molecular flexibility index (Phi) is 3.38. The first-order chi connectivity index (χ1) is 8.43. The van der Waals surface area contributed by atoms with E-state index in [-0.39, 0.29) is 6.04 Å². The van der Waals surface area contributed by atoms with Gasteiger partial charge in [0.2, 0.25) is 0 Å². The van der Waals surface area contributed by atoms with Crippen molar-refractivity contribution in [2.75, 3.05) is 19.8 Å². The van der Waals surface area contributed by atoms with Crippen molar-refractivity contribution >= 4 is 0 Å². The Balaban J connectivity index is 1.68. The number of rotatable bonds is 2. The predicted molar refractivity (Wildman–Crippen MR) is 63.8 cm³/mol. The van der Waals surface area contributed by atoms with Crippen LogP contribution in [0.1, 0.15) is 55.7 Å². The molecule has 0 amide bonds. The van der Waals surface area contributed by atoms with E-state index in [4.69, 9.17) is 4.74 Å². The molecule has 1 saturated carbocycles. The molecule has 1 aromatic heterocycles. The van der Waals surface area contributed by atoms with Crippen molar-refractivity contribution in [2.24, 2.45) is 0 Å². The van der Waals surface area contributed by atoms with Crippen LogP contribution < -0.4 is 5.32 Å². The van der Waals surface area contributed by atoms with Crippen molar-refractivity contribution < 1.29 is 4.74 Å². The zero-order valence-corrected chi connectivity index (χ0v) is 10.1. The van der Waals surface area contributed by atoms with E-state index in [0.717, 1.165) is 24.8 Å². The quantitative estimate of drug-likeness (QED) is 0.817. The van der Waals surface area contributed by atoms with E-state index in [2.05, 4.69) is 20.5 Å². The van der Waals surface area contributed by atoms with Crippen LogP contribution in [0, 0.1) is 0 Å². The topological polar surface area (TPSA) is 62.8 Å². The van der Waals surface area contributed by atoms with E-state index in [1.165, 1.54) is 32.1 Å². The molecule has 1 saturated heterocycles. The van der Waals surface area contributed by atoms with Crippen molar-refractivity contribution in [3.63, 3.8) is 0 Å². The van der Waals surface area contributed by atoms with Gasteiger partial charge in [0.05, 0.1) is 19.3 Å². The molecular weight excluding hydrogens is 216 g/mol. The summed E-state index contributed by atoms with van der Waals surface area (Å²) in [6.07, 6.45) is 6.49. The summed E-state index contributed by atoms with van der Waals surface area (Å²) < 4.78 is 5.44. The lowest BCUT2D eigenvalue weighted by atomic mass is 9.89. The maximum absolute atomic E-state index is 5.44. The largest absolute Gasteiger partial charge is 0.378 e. The zero-order valence-electron chi connectivity index (χ0n) is 10.1. The summed E-state index contributed by atoms with van der Waals surface area (Å²) in [5.41, 5.74) is 0. The third-order valence-corrected chi connectivity index (χ3v) is 3.74. The fourth-order valence-corrected chi connectivity index (χ4v) is 2.73. The summed E-state index contributed by atoms with van der Waals surface area (Å²) >= 11 is 0. The molecule has 3 rings (SSSR count). The van der Waals surface area contributed by atoms with Crippen LogP contribution in [0.3, 0.4) is 0 Å². The molecule has 1 aromatic rings. The van der Waals surface area contributed by atoms with Gasteiger partial charge in [-0.15, -0.1) is 0 Å². The van der Waals surface area contributed by atoms with Crippen LogP contribution in [0.25, 0.3) is 0 Å². The third kappa shape index (κ3) is 2.50. The molecule has 5 nitrogen and oxygen atoms in total. The fourth-order valence-electron chi connectivity index (χ4n) is 2.73. The second kappa shape index (κ2) is 5.14. The van der Waals surface area contributed by atoms with Gasteiger partial charge >= 0.3 is 0 Å². The van der Waals surface area contributed by atoms with Gasteiger partial charge in [0.15, 0.2) is 5.82 Å². The molecule has 1 unspecified atom stereocenters. The minimum atomic E-state index is 0.189. The number of ether oxygens (including phenoxy) is 1. The van der Waals surface area contributed by atoms with Crippen LogP contribution in [0.2, 0.25) is 0 Å². The van der Waals surface area contributed by atoms with E-state index in [9.17, 15) is 0 Å².